The Labute approximate surface area is 211 Å². The van der Waals surface area contributed by atoms with Gasteiger partial charge in [0, 0.05) is 31.2 Å². The van der Waals surface area contributed by atoms with E-state index < -0.39 is 6.17 Å². The van der Waals surface area contributed by atoms with Crippen LogP contribution < -0.4 is 15.4 Å². The van der Waals surface area contributed by atoms with Crippen LogP contribution in [-0.4, -0.2) is 35.7 Å². The highest BCUT2D eigenvalue weighted by molar-refractivity contribution is 7.80. The molecule has 0 spiro atoms. The molecule has 0 bridgehead atoms. The van der Waals surface area contributed by atoms with Gasteiger partial charge in [0.15, 0.2) is 5.11 Å². The van der Waals surface area contributed by atoms with Gasteiger partial charge < -0.3 is 10.1 Å². The third-order valence-corrected chi connectivity index (χ3v) is 6.53. The van der Waals surface area contributed by atoms with Gasteiger partial charge in [0.2, 0.25) is 0 Å². The van der Waals surface area contributed by atoms with Crippen LogP contribution in [0.1, 0.15) is 45.9 Å². The Balaban J connectivity index is 1.44. The predicted molar refractivity (Wildman–Crippen MR) is 140 cm³/mol. The van der Waals surface area contributed by atoms with Crippen LogP contribution in [0.15, 0.2) is 78.9 Å². The van der Waals surface area contributed by atoms with Crippen molar-refractivity contribution in [1.29, 1.82) is 0 Å². The zero-order valence-electron chi connectivity index (χ0n) is 19.7. The van der Waals surface area contributed by atoms with Gasteiger partial charge in [-0.2, -0.15) is 0 Å². The Morgan fingerprint density at radius 2 is 1.74 bits per heavy atom. The van der Waals surface area contributed by atoms with Gasteiger partial charge in [0.05, 0.1) is 7.11 Å². The van der Waals surface area contributed by atoms with E-state index in [1.807, 2.05) is 54.6 Å². The molecule has 35 heavy (non-hydrogen) atoms. The molecular weight excluding hydrogens is 461 g/mol. The topological polar surface area (TPSA) is 53.6 Å². The number of thiocarbonyl (C=S) groups is 1. The predicted octanol–water partition coefficient (Wildman–Crippen LogP) is 5.17. The zero-order chi connectivity index (χ0) is 24.6. The number of benzene rings is 3. The lowest BCUT2D eigenvalue weighted by atomic mass is 9.90. The number of piperidine rings is 1. The third-order valence-electron chi connectivity index (χ3n) is 6.29. The lowest BCUT2D eigenvalue weighted by Gasteiger charge is -2.38. The first-order chi connectivity index (χ1) is 17.0. The molecule has 2 unspecified atom stereocenters. The maximum Gasteiger partial charge on any atom is 0.257 e. The van der Waals surface area contributed by atoms with Crippen molar-refractivity contribution in [3.8, 4) is 5.75 Å². The molecule has 5 nitrogen and oxygen atoms in total. The van der Waals surface area contributed by atoms with Gasteiger partial charge in [-0.15, -0.1) is 0 Å². The fourth-order valence-electron chi connectivity index (χ4n) is 4.49. The van der Waals surface area contributed by atoms with Crippen LogP contribution in [0.2, 0.25) is 0 Å². The Bertz CT molecular complexity index is 1140. The Kier molecular flexibility index (Phi) is 8.45. The number of methoxy groups -OCH3 is 1. The van der Waals surface area contributed by atoms with E-state index in [0.717, 1.165) is 28.9 Å². The normalized spacial score (nSPS) is 18.0. The summed E-state index contributed by atoms with van der Waals surface area (Å²) in [6.45, 7) is 1.52. The van der Waals surface area contributed by atoms with Crippen molar-refractivity contribution in [2.24, 2.45) is 0 Å². The number of nitrogens with one attached hydrogen (secondary N) is 2. The Morgan fingerprint density at radius 1 is 1.03 bits per heavy atom. The van der Waals surface area contributed by atoms with Crippen LogP contribution in [0, 0.1) is 0 Å². The quantitative estimate of drug-likeness (QED) is 0.447. The number of ether oxygens (including phenoxy) is 1. The molecule has 3 aromatic rings. The summed E-state index contributed by atoms with van der Waals surface area (Å²) in [5.41, 5.74) is 3.89. The highest BCUT2D eigenvalue weighted by atomic mass is 32.1. The SMILES string of the molecule is COc1ccc(CN2CC(F)CCC2c2ccccc2CNC(=S)NC(=O)c2ccccc2)cc1. The molecule has 1 saturated heterocycles. The average Bonchev–Trinajstić information content (AvgIpc) is 2.89. The highest BCUT2D eigenvalue weighted by Crippen LogP contribution is 2.35. The van der Waals surface area contributed by atoms with E-state index in [-0.39, 0.29) is 17.1 Å². The molecule has 182 valence electrons. The number of rotatable bonds is 7. The summed E-state index contributed by atoms with van der Waals surface area (Å²) in [4.78, 5) is 14.6. The first kappa shape index (κ1) is 24.8. The van der Waals surface area contributed by atoms with Crippen LogP contribution >= 0.6 is 12.2 Å². The van der Waals surface area contributed by atoms with Crippen molar-refractivity contribution in [3.05, 3.63) is 101 Å². The molecule has 1 aliphatic heterocycles. The van der Waals surface area contributed by atoms with Crippen molar-refractivity contribution in [2.75, 3.05) is 13.7 Å². The number of hydrogen-bond donors (Lipinski definition) is 2. The number of alkyl halides is 1. The van der Waals surface area contributed by atoms with Crippen molar-refractivity contribution in [2.45, 2.75) is 38.1 Å². The van der Waals surface area contributed by atoms with Gasteiger partial charge in [-0.1, -0.05) is 54.6 Å². The van der Waals surface area contributed by atoms with Crippen LogP contribution in [0.25, 0.3) is 0 Å². The van der Waals surface area contributed by atoms with Gasteiger partial charge in [0.25, 0.3) is 5.91 Å². The van der Waals surface area contributed by atoms with Crippen molar-refractivity contribution in [1.82, 2.24) is 15.5 Å². The molecule has 2 N–H and O–H groups in total. The standard InChI is InChI=1S/C28H30FN3O2S/c1-34-24-14-11-20(12-15-24)18-32-19-23(29)13-16-26(32)25-10-6-5-9-22(25)17-30-28(35)31-27(33)21-7-3-2-4-8-21/h2-12,14-15,23,26H,13,16-19H2,1H3,(H2,30,31,33,35). The lowest BCUT2D eigenvalue weighted by Crippen LogP contribution is -2.40. The molecule has 1 heterocycles. The lowest BCUT2D eigenvalue weighted by molar-refractivity contribution is 0.0771. The van der Waals surface area contributed by atoms with E-state index in [0.29, 0.717) is 31.6 Å². The number of likely N-dealkylation sites (tertiary alicyclic amines) is 1. The van der Waals surface area contributed by atoms with Crippen molar-refractivity contribution < 1.29 is 13.9 Å². The summed E-state index contributed by atoms with van der Waals surface area (Å²) in [7, 11) is 1.65. The summed E-state index contributed by atoms with van der Waals surface area (Å²) in [5, 5.41) is 6.17. The smallest absolute Gasteiger partial charge is 0.257 e. The van der Waals surface area contributed by atoms with Gasteiger partial charge >= 0.3 is 0 Å². The second kappa shape index (κ2) is 11.9. The van der Waals surface area contributed by atoms with E-state index in [2.05, 4.69) is 27.7 Å². The summed E-state index contributed by atoms with van der Waals surface area (Å²) in [6.07, 6.45) is 0.441. The number of halogens is 1. The average molecular weight is 492 g/mol. The van der Waals surface area contributed by atoms with E-state index in [4.69, 9.17) is 17.0 Å². The van der Waals surface area contributed by atoms with Gasteiger partial charge in [-0.05, 0) is 66.0 Å². The largest absolute Gasteiger partial charge is 0.497 e. The van der Waals surface area contributed by atoms with Crippen LogP contribution in [-0.2, 0) is 13.1 Å². The fourth-order valence-corrected chi connectivity index (χ4v) is 4.66. The van der Waals surface area contributed by atoms with Crippen molar-refractivity contribution in [3.63, 3.8) is 0 Å². The first-order valence-electron chi connectivity index (χ1n) is 11.8. The second-order valence-electron chi connectivity index (χ2n) is 8.67. The Morgan fingerprint density at radius 3 is 2.49 bits per heavy atom. The molecule has 0 aliphatic carbocycles. The number of carbonyl (C=O) groups is 1. The molecule has 0 saturated carbocycles. The highest BCUT2D eigenvalue weighted by Gasteiger charge is 2.30. The molecule has 2 atom stereocenters. The molecule has 1 aliphatic rings. The monoisotopic (exact) mass is 491 g/mol. The second-order valence-corrected chi connectivity index (χ2v) is 9.08. The van der Waals surface area contributed by atoms with E-state index in [1.54, 1.807) is 19.2 Å². The summed E-state index contributed by atoms with van der Waals surface area (Å²) < 4.78 is 19.7. The molecule has 0 aromatic heterocycles. The zero-order valence-corrected chi connectivity index (χ0v) is 20.6. The van der Waals surface area contributed by atoms with Crippen LogP contribution in [0.3, 0.4) is 0 Å². The van der Waals surface area contributed by atoms with Crippen molar-refractivity contribution >= 4 is 23.2 Å². The molecule has 0 radical (unpaired) electrons. The minimum atomic E-state index is -0.837. The number of amides is 1. The van der Waals surface area contributed by atoms with E-state index >= 15 is 0 Å². The first-order valence-corrected chi connectivity index (χ1v) is 12.2. The van der Waals surface area contributed by atoms with Gasteiger partial charge in [0.1, 0.15) is 11.9 Å². The molecule has 7 heteroatoms. The van der Waals surface area contributed by atoms with E-state index in [9.17, 15) is 9.18 Å². The maximum atomic E-state index is 14.4. The third kappa shape index (κ3) is 6.65. The maximum absolute atomic E-state index is 14.4. The minimum Gasteiger partial charge on any atom is -0.497 e. The summed E-state index contributed by atoms with van der Waals surface area (Å²) in [6, 6.07) is 25.1. The molecule has 4 rings (SSSR count). The molecule has 1 amide bonds. The van der Waals surface area contributed by atoms with Crippen LogP contribution in [0.5, 0.6) is 5.75 Å². The van der Waals surface area contributed by atoms with Crippen LogP contribution in [0.4, 0.5) is 4.39 Å². The Hall–Kier alpha value is -3.29. The number of nitrogens with zero attached hydrogens (tertiary/aromatic N) is 1. The molecule has 1 fully saturated rings. The number of hydrogen-bond acceptors (Lipinski definition) is 4. The minimum absolute atomic E-state index is 0.0922. The summed E-state index contributed by atoms with van der Waals surface area (Å²) in [5.74, 6) is 0.558. The molecule has 3 aromatic carbocycles. The van der Waals surface area contributed by atoms with E-state index in [1.165, 1.54) is 0 Å². The van der Waals surface area contributed by atoms with Gasteiger partial charge in [-0.25, -0.2) is 4.39 Å². The molecular formula is C28H30FN3O2S. The van der Waals surface area contributed by atoms with Gasteiger partial charge in [-0.3, -0.25) is 15.0 Å². The summed E-state index contributed by atoms with van der Waals surface area (Å²) >= 11 is 5.36. The fraction of sp³-hybridized carbons (Fsp3) is 0.286. The number of carbonyl (C=O) groups excluding carboxylic acids is 1.